The number of methoxy groups -OCH3 is 1. The summed E-state index contributed by atoms with van der Waals surface area (Å²) in [6.45, 7) is 0. The Bertz CT molecular complexity index is 406. The molecule has 1 aliphatic carbocycles. The number of nitrogens with one attached hydrogen (secondary N) is 1. The lowest BCUT2D eigenvalue weighted by molar-refractivity contribution is 0.165. The van der Waals surface area contributed by atoms with E-state index in [-0.39, 0.29) is 11.9 Å². The first kappa shape index (κ1) is 10.9. The van der Waals surface area contributed by atoms with Crippen molar-refractivity contribution in [1.82, 2.24) is 5.32 Å². The molecule has 16 heavy (non-hydrogen) atoms. The molecule has 1 N–H and O–H groups in total. The van der Waals surface area contributed by atoms with Crippen LogP contribution in [-0.2, 0) is 11.2 Å². The highest BCUT2D eigenvalue weighted by atomic mass is 19.1. The number of halogens is 1. The van der Waals surface area contributed by atoms with Crippen LogP contribution in [0.25, 0.3) is 0 Å². The van der Waals surface area contributed by atoms with E-state index in [1.165, 1.54) is 13.2 Å². The van der Waals surface area contributed by atoms with Crippen molar-refractivity contribution < 1.29 is 13.9 Å². The fourth-order valence-corrected chi connectivity index (χ4v) is 2.16. The first-order valence-corrected chi connectivity index (χ1v) is 5.34. The normalized spacial score (nSPS) is 18.8. The van der Waals surface area contributed by atoms with Crippen molar-refractivity contribution in [2.24, 2.45) is 0 Å². The molecule has 86 valence electrons. The molecule has 0 aromatic heterocycles. The highest BCUT2D eigenvalue weighted by Crippen LogP contribution is 2.31. The molecule has 1 unspecified atom stereocenters. The van der Waals surface area contributed by atoms with Crippen molar-refractivity contribution in [3.8, 4) is 0 Å². The topological polar surface area (TPSA) is 38.3 Å². The number of benzene rings is 1. The molecule has 0 bridgehead atoms. The van der Waals surface area contributed by atoms with Crippen LogP contribution in [0.3, 0.4) is 0 Å². The first-order chi connectivity index (χ1) is 7.72. The molecular weight excluding hydrogens is 209 g/mol. The number of fused-ring (bicyclic) bond motifs is 1. The molecule has 0 aliphatic heterocycles. The third-order valence-electron chi connectivity index (χ3n) is 2.93. The largest absolute Gasteiger partial charge is 0.453 e. The average molecular weight is 223 g/mol. The van der Waals surface area contributed by atoms with Crippen LogP contribution in [0.4, 0.5) is 9.18 Å². The summed E-state index contributed by atoms with van der Waals surface area (Å²) < 4.78 is 18.1. The van der Waals surface area contributed by atoms with Gasteiger partial charge in [0.25, 0.3) is 0 Å². The standard InChI is InChI=1S/C12H14FNO2/c1-16-12(15)14-11-7-3-4-8-9(11)5-2-6-10(8)13/h2,5-6,11H,3-4,7H2,1H3,(H,14,15). The van der Waals surface area contributed by atoms with Crippen LogP contribution < -0.4 is 5.32 Å². The zero-order chi connectivity index (χ0) is 11.5. The van der Waals surface area contributed by atoms with Gasteiger partial charge >= 0.3 is 6.09 Å². The lowest BCUT2D eigenvalue weighted by Gasteiger charge is -2.26. The molecular formula is C12H14FNO2. The van der Waals surface area contributed by atoms with Gasteiger partial charge in [-0.25, -0.2) is 9.18 Å². The summed E-state index contributed by atoms with van der Waals surface area (Å²) in [5, 5.41) is 2.72. The van der Waals surface area contributed by atoms with E-state index in [0.717, 1.165) is 30.4 Å². The average Bonchev–Trinajstić information content (AvgIpc) is 2.30. The first-order valence-electron chi connectivity index (χ1n) is 5.34. The second-order valence-electron chi connectivity index (χ2n) is 3.89. The number of hydrogen-bond acceptors (Lipinski definition) is 2. The van der Waals surface area contributed by atoms with Gasteiger partial charge in [0.15, 0.2) is 0 Å². The lowest BCUT2D eigenvalue weighted by atomic mass is 9.87. The third kappa shape index (κ3) is 2.01. The Balaban J connectivity index is 2.26. The maximum Gasteiger partial charge on any atom is 0.407 e. The Kier molecular flexibility index (Phi) is 3.08. The van der Waals surface area contributed by atoms with Crippen molar-refractivity contribution in [2.45, 2.75) is 25.3 Å². The molecule has 1 amide bonds. The Morgan fingerprint density at radius 2 is 2.38 bits per heavy atom. The highest BCUT2D eigenvalue weighted by molar-refractivity contribution is 5.67. The zero-order valence-corrected chi connectivity index (χ0v) is 9.13. The van der Waals surface area contributed by atoms with Gasteiger partial charge in [0, 0.05) is 0 Å². The van der Waals surface area contributed by atoms with E-state index in [4.69, 9.17) is 0 Å². The van der Waals surface area contributed by atoms with Crippen molar-refractivity contribution >= 4 is 6.09 Å². The van der Waals surface area contributed by atoms with Crippen LogP contribution in [0.5, 0.6) is 0 Å². The number of rotatable bonds is 1. The summed E-state index contributed by atoms with van der Waals surface area (Å²) in [7, 11) is 1.32. The fraction of sp³-hybridized carbons (Fsp3) is 0.417. The van der Waals surface area contributed by atoms with Gasteiger partial charge in [-0.3, -0.25) is 0 Å². The Hall–Kier alpha value is -1.58. The Morgan fingerprint density at radius 3 is 3.12 bits per heavy atom. The minimum atomic E-state index is -0.470. The van der Waals surface area contributed by atoms with Gasteiger partial charge in [0.05, 0.1) is 13.2 Å². The number of alkyl carbamates (subject to hydrolysis) is 1. The van der Waals surface area contributed by atoms with Crippen molar-refractivity contribution in [2.75, 3.05) is 7.11 Å². The van der Waals surface area contributed by atoms with E-state index in [0.29, 0.717) is 0 Å². The Labute approximate surface area is 93.6 Å². The van der Waals surface area contributed by atoms with Gasteiger partial charge in [-0.1, -0.05) is 12.1 Å². The van der Waals surface area contributed by atoms with E-state index >= 15 is 0 Å². The SMILES string of the molecule is COC(=O)NC1CCCc2c(F)cccc21. The van der Waals surface area contributed by atoms with E-state index < -0.39 is 6.09 Å². The van der Waals surface area contributed by atoms with Crippen LogP contribution in [0.1, 0.15) is 30.0 Å². The summed E-state index contributed by atoms with van der Waals surface area (Å²) in [6.07, 6.45) is 1.97. The van der Waals surface area contributed by atoms with Crippen molar-refractivity contribution in [1.29, 1.82) is 0 Å². The molecule has 0 heterocycles. The number of carbonyl (C=O) groups excluding carboxylic acids is 1. The molecule has 4 heteroatoms. The van der Waals surface area contributed by atoms with Gasteiger partial charge in [-0.05, 0) is 36.5 Å². The quantitative estimate of drug-likeness (QED) is 0.794. The van der Waals surface area contributed by atoms with Gasteiger partial charge in [-0.15, -0.1) is 0 Å². The van der Waals surface area contributed by atoms with E-state index in [1.807, 2.05) is 6.07 Å². The van der Waals surface area contributed by atoms with E-state index in [1.54, 1.807) is 6.07 Å². The summed E-state index contributed by atoms with van der Waals surface area (Å²) in [4.78, 5) is 11.1. The molecule has 0 saturated carbocycles. The van der Waals surface area contributed by atoms with Gasteiger partial charge in [0.1, 0.15) is 5.82 Å². The molecule has 3 nitrogen and oxygen atoms in total. The summed E-state index contributed by atoms with van der Waals surface area (Å²) in [5.74, 6) is -0.186. The van der Waals surface area contributed by atoms with Crippen molar-refractivity contribution in [3.63, 3.8) is 0 Å². The number of amides is 1. The monoisotopic (exact) mass is 223 g/mol. The van der Waals surface area contributed by atoms with Crippen molar-refractivity contribution in [3.05, 3.63) is 35.1 Å². The van der Waals surface area contributed by atoms with Crippen LogP contribution in [0, 0.1) is 5.82 Å². The number of ether oxygens (including phenoxy) is 1. The molecule has 1 aliphatic rings. The Morgan fingerprint density at radius 1 is 1.56 bits per heavy atom. The maximum atomic E-state index is 13.5. The van der Waals surface area contributed by atoms with Gasteiger partial charge in [-0.2, -0.15) is 0 Å². The predicted octanol–water partition coefficient (Wildman–Crippen LogP) is 2.56. The molecule has 1 atom stereocenters. The zero-order valence-electron chi connectivity index (χ0n) is 9.13. The smallest absolute Gasteiger partial charge is 0.407 e. The second kappa shape index (κ2) is 4.51. The maximum absolute atomic E-state index is 13.5. The van der Waals surface area contributed by atoms with E-state index in [2.05, 4.69) is 10.1 Å². The van der Waals surface area contributed by atoms with Crippen LogP contribution in [0.15, 0.2) is 18.2 Å². The second-order valence-corrected chi connectivity index (χ2v) is 3.89. The van der Waals surface area contributed by atoms with E-state index in [9.17, 15) is 9.18 Å². The minimum absolute atomic E-state index is 0.133. The van der Waals surface area contributed by atoms with Crippen LogP contribution in [-0.4, -0.2) is 13.2 Å². The summed E-state index contributed by atoms with van der Waals surface area (Å²) in [6, 6.07) is 4.86. The summed E-state index contributed by atoms with van der Waals surface area (Å²) >= 11 is 0. The molecule has 0 saturated heterocycles. The van der Waals surface area contributed by atoms with Gasteiger partial charge in [0.2, 0.25) is 0 Å². The van der Waals surface area contributed by atoms with Crippen LogP contribution in [0.2, 0.25) is 0 Å². The van der Waals surface area contributed by atoms with Crippen LogP contribution >= 0.6 is 0 Å². The fourth-order valence-electron chi connectivity index (χ4n) is 2.16. The predicted molar refractivity (Wildman–Crippen MR) is 57.6 cm³/mol. The number of carbonyl (C=O) groups is 1. The minimum Gasteiger partial charge on any atom is -0.453 e. The molecule has 0 fully saturated rings. The highest BCUT2D eigenvalue weighted by Gasteiger charge is 2.23. The lowest BCUT2D eigenvalue weighted by Crippen LogP contribution is -2.31. The molecule has 0 radical (unpaired) electrons. The molecule has 1 aromatic carbocycles. The molecule has 1 aromatic rings. The number of hydrogen-bond donors (Lipinski definition) is 1. The molecule has 2 rings (SSSR count). The third-order valence-corrected chi connectivity index (χ3v) is 2.93. The molecule has 0 spiro atoms. The van der Waals surface area contributed by atoms with Gasteiger partial charge < -0.3 is 10.1 Å². The summed E-state index contributed by atoms with van der Waals surface area (Å²) in [5.41, 5.74) is 1.59.